The Balaban J connectivity index is 2.29. The zero-order valence-electron chi connectivity index (χ0n) is 8.44. The highest BCUT2D eigenvalue weighted by molar-refractivity contribution is 5.44. The monoisotopic (exact) mass is 199 g/mol. The largest absolute Gasteiger partial charge is 0.457 e. The van der Waals surface area contributed by atoms with Gasteiger partial charge >= 0.3 is 0 Å². The van der Waals surface area contributed by atoms with E-state index in [-0.39, 0.29) is 5.75 Å². The predicted molar refractivity (Wildman–Crippen MR) is 57.8 cm³/mol. The Labute approximate surface area is 88.8 Å². The van der Waals surface area contributed by atoms with Crippen molar-refractivity contribution in [2.45, 2.75) is 6.92 Å². The predicted octanol–water partition coefficient (Wildman–Crippen LogP) is 3.93. The molecule has 75 valence electrons. The van der Waals surface area contributed by atoms with Gasteiger partial charge in [0.25, 0.3) is 0 Å². The molecule has 0 aliphatic carbocycles. The number of hydrogen-bond donors (Lipinski definition) is 0. The number of para-hydroxylation sites is 1. The molecule has 0 N–H and O–H groups in total. The number of hydrogen-bond acceptors (Lipinski definition) is 1. The quantitative estimate of drug-likeness (QED) is 0.720. The fourth-order valence-corrected chi connectivity index (χ4v) is 1.32. The van der Waals surface area contributed by atoms with Gasteiger partial charge < -0.3 is 4.74 Å². The van der Waals surface area contributed by atoms with Crippen molar-refractivity contribution in [2.24, 2.45) is 0 Å². The average molecular weight is 199 g/mol. The molecule has 1 radical (unpaired) electrons. The van der Waals surface area contributed by atoms with Crippen LogP contribution in [0.5, 0.6) is 17.2 Å². The molecule has 2 aromatic carbocycles. The molecule has 0 fully saturated rings. The third-order valence-electron chi connectivity index (χ3n) is 2.21. The van der Waals surface area contributed by atoms with Crippen LogP contribution < -0.4 is 4.74 Å². The topological polar surface area (TPSA) is 29.1 Å². The molecule has 0 unspecified atom stereocenters. The molecule has 2 nitrogen and oxygen atoms in total. The van der Waals surface area contributed by atoms with Gasteiger partial charge in [-0.25, -0.2) is 0 Å². The summed E-state index contributed by atoms with van der Waals surface area (Å²) in [5, 5.41) is 11.4. The minimum absolute atomic E-state index is 0.00318. The molecule has 0 bridgehead atoms. The molecule has 0 amide bonds. The van der Waals surface area contributed by atoms with Gasteiger partial charge in [0.05, 0.1) is 0 Å². The Morgan fingerprint density at radius 3 is 2.40 bits per heavy atom. The lowest BCUT2D eigenvalue weighted by Crippen LogP contribution is -1.86. The lowest BCUT2D eigenvalue weighted by atomic mass is 10.2. The van der Waals surface area contributed by atoms with Gasteiger partial charge in [-0.15, -0.1) is 0 Å². The van der Waals surface area contributed by atoms with E-state index in [9.17, 15) is 5.11 Å². The maximum atomic E-state index is 11.4. The number of ether oxygens (including phenoxy) is 1. The van der Waals surface area contributed by atoms with Crippen molar-refractivity contribution < 1.29 is 9.84 Å². The molecule has 0 aromatic heterocycles. The van der Waals surface area contributed by atoms with E-state index in [4.69, 9.17) is 4.74 Å². The second kappa shape index (κ2) is 4.05. The van der Waals surface area contributed by atoms with E-state index >= 15 is 0 Å². The van der Waals surface area contributed by atoms with Crippen LogP contribution in [0.2, 0.25) is 0 Å². The highest BCUT2D eigenvalue weighted by Gasteiger charge is 2.05. The van der Waals surface area contributed by atoms with E-state index in [0.717, 1.165) is 5.75 Å². The average Bonchev–Trinajstić information content (AvgIpc) is 2.26. The summed E-state index contributed by atoms with van der Waals surface area (Å²) in [7, 11) is 0. The van der Waals surface area contributed by atoms with Gasteiger partial charge in [0.1, 0.15) is 11.5 Å². The first-order valence-electron chi connectivity index (χ1n) is 4.77. The van der Waals surface area contributed by atoms with Gasteiger partial charge in [0.2, 0.25) is 0 Å². The molecule has 15 heavy (non-hydrogen) atoms. The van der Waals surface area contributed by atoms with Crippen molar-refractivity contribution in [1.82, 2.24) is 0 Å². The molecular weight excluding hydrogens is 188 g/mol. The van der Waals surface area contributed by atoms with Crippen LogP contribution in [0.3, 0.4) is 0 Å². The van der Waals surface area contributed by atoms with Crippen molar-refractivity contribution >= 4 is 0 Å². The zero-order chi connectivity index (χ0) is 10.7. The SMILES string of the molecule is Cc1c([O])cccc1Oc1ccccc1. The van der Waals surface area contributed by atoms with Crippen LogP contribution in [0, 0.1) is 6.92 Å². The zero-order valence-corrected chi connectivity index (χ0v) is 8.44. The molecule has 0 heterocycles. The van der Waals surface area contributed by atoms with E-state index < -0.39 is 0 Å². The van der Waals surface area contributed by atoms with Gasteiger partial charge in [-0.05, 0) is 31.2 Å². The summed E-state index contributed by atoms with van der Waals surface area (Å²) < 4.78 is 5.59. The summed E-state index contributed by atoms with van der Waals surface area (Å²) in [6, 6.07) is 14.5. The van der Waals surface area contributed by atoms with Gasteiger partial charge in [-0.1, -0.05) is 24.3 Å². The highest BCUT2D eigenvalue weighted by atomic mass is 16.5. The third-order valence-corrected chi connectivity index (χ3v) is 2.21. The van der Waals surface area contributed by atoms with Crippen molar-refractivity contribution in [3.8, 4) is 17.2 Å². The fraction of sp³-hybridized carbons (Fsp3) is 0.0769. The standard InChI is InChI=1S/C13H11O2/c1-10-12(14)8-5-9-13(10)15-11-6-3-2-4-7-11/h2-9H,1H3. The van der Waals surface area contributed by atoms with Crippen LogP contribution in [0.4, 0.5) is 0 Å². The molecule has 2 aromatic rings. The summed E-state index contributed by atoms with van der Waals surface area (Å²) in [6.45, 7) is 1.76. The summed E-state index contributed by atoms with van der Waals surface area (Å²) >= 11 is 0. The number of benzene rings is 2. The minimum atomic E-state index is 0.00318. The Bertz CT molecular complexity index is 449. The van der Waals surface area contributed by atoms with Crippen molar-refractivity contribution in [3.05, 3.63) is 54.1 Å². The maximum absolute atomic E-state index is 11.4. The lowest BCUT2D eigenvalue weighted by Gasteiger charge is -2.08. The van der Waals surface area contributed by atoms with E-state index in [0.29, 0.717) is 11.3 Å². The maximum Gasteiger partial charge on any atom is 0.185 e. The van der Waals surface area contributed by atoms with Crippen LogP contribution in [-0.2, 0) is 5.11 Å². The summed E-state index contributed by atoms with van der Waals surface area (Å²) in [5.74, 6) is 1.36. The van der Waals surface area contributed by atoms with Gasteiger partial charge in [-0.3, -0.25) is 5.11 Å². The van der Waals surface area contributed by atoms with Crippen LogP contribution >= 0.6 is 0 Å². The molecule has 2 rings (SSSR count). The fourth-order valence-electron chi connectivity index (χ4n) is 1.32. The first-order chi connectivity index (χ1) is 7.27. The first-order valence-corrected chi connectivity index (χ1v) is 4.77. The van der Waals surface area contributed by atoms with Crippen LogP contribution in [0.1, 0.15) is 5.56 Å². The summed E-state index contributed by atoms with van der Waals surface area (Å²) in [5.41, 5.74) is 0.640. The Kier molecular flexibility index (Phi) is 2.59. The van der Waals surface area contributed by atoms with Crippen LogP contribution in [-0.4, -0.2) is 0 Å². The molecular formula is C13H11O2. The van der Waals surface area contributed by atoms with Crippen molar-refractivity contribution in [1.29, 1.82) is 0 Å². The van der Waals surface area contributed by atoms with E-state index in [1.54, 1.807) is 19.1 Å². The normalized spacial score (nSPS) is 9.93. The molecule has 0 saturated carbocycles. The van der Waals surface area contributed by atoms with Gasteiger partial charge in [-0.2, -0.15) is 0 Å². The van der Waals surface area contributed by atoms with Crippen LogP contribution in [0.15, 0.2) is 48.5 Å². The van der Waals surface area contributed by atoms with E-state index in [2.05, 4.69) is 0 Å². The smallest absolute Gasteiger partial charge is 0.185 e. The second-order valence-corrected chi connectivity index (χ2v) is 3.29. The Morgan fingerprint density at radius 2 is 1.67 bits per heavy atom. The van der Waals surface area contributed by atoms with Crippen molar-refractivity contribution in [2.75, 3.05) is 0 Å². The molecule has 0 spiro atoms. The minimum Gasteiger partial charge on any atom is -0.457 e. The Hall–Kier alpha value is -1.96. The summed E-state index contributed by atoms with van der Waals surface area (Å²) in [4.78, 5) is 0. The number of rotatable bonds is 2. The highest BCUT2D eigenvalue weighted by Crippen LogP contribution is 2.30. The molecule has 0 aliphatic heterocycles. The van der Waals surface area contributed by atoms with E-state index in [1.807, 2.05) is 30.3 Å². The first kappa shape index (κ1) is 9.59. The molecule has 0 atom stereocenters. The second-order valence-electron chi connectivity index (χ2n) is 3.29. The lowest BCUT2D eigenvalue weighted by molar-refractivity contribution is 0.348. The molecule has 2 heteroatoms. The van der Waals surface area contributed by atoms with Gasteiger partial charge in [0.15, 0.2) is 5.75 Å². The third kappa shape index (κ3) is 2.10. The van der Waals surface area contributed by atoms with Crippen LogP contribution in [0.25, 0.3) is 0 Å². The molecule has 0 saturated heterocycles. The molecule has 0 aliphatic rings. The Morgan fingerprint density at radius 1 is 0.933 bits per heavy atom. The summed E-state index contributed by atoms with van der Waals surface area (Å²) in [6.07, 6.45) is 0. The van der Waals surface area contributed by atoms with Gasteiger partial charge in [0, 0.05) is 5.56 Å². The van der Waals surface area contributed by atoms with E-state index in [1.165, 1.54) is 6.07 Å². The van der Waals surface area contributed by atoms with Crippen molar-refractivity contribution in [3.63, 3.8) is 0 Å².